The Labute approximate surface area is 197 Å². The summed E-state index contributed by atoms with van der Waals surface area (Å²) in [6.45, 7) is 2.81. The molecule has 2 amide bonds. The summed E-state index contributed by atoms with van der Waals surface area (Å²) in [5.74, 6) is -0.105. The normalized spacial score (nSPS) is 19.9. The zero-order chi connectivity index (χ0) is 23.8. The number of hydrogen-bond acceptors (Lipinski definition) is 4. The molecule has 1 N–H and O–H groups in total. The van der Waals surface area contributed by atoms with Gasteiger partial charge in [0.05, 0.1) is 17.5 Å². The van der Waals surface area contributed by atoms with Gasteiger partial charge in [-0.05, 0) is 35.7 Å². The maximum absolute atomic E-state index is 13.6. The van der Waals surface area contributed by atoms with Gasteiger partial charge in [-0.3, -0.25) is 19.7 Å². The summed E-state index contributed by atoms with van der Waals surface area (Å²) in [7, 11) is 0. The van der Waals surface area contributed by atoms with Gasteiger partial charge in [0.25, 0.3) is 5.69 Å². The van der Waals surface area contributed by atoms with Crippen molar-refractivity contribution < 1.29 is 14.5 Å². The van der Waals surface area contributed by atoms with Crippen LogP contribution in [0.5, 0.6) is 0 Å². The average Bonchev–Trinajstić information content (AvgIpc) is 3.22. The van der Waals surface area contributed by atoms with Crippen molar-refractivity contribution in [3.05, 3.63) is 75.5 Å². The van der Waals surface area contributed by atoms with E-state index in [4.69, 9.17) is 0 Å². The van der Waals surface area contributed by atoms with Gasteiger partial charge in [0.2, 0.25) is 11.8 Å². The Morgan fingerprint density at radius 1 is 1.06 bits per heavy atom. The van der Waals surface area contributed by atoms with Crippen LogP contribution in [0.15, 0.2) is 48.5 Å². The number of fused-ring (bicyclic) bond motifs is 4. The predicted molar refractivity (Wildman–Crippen MR) is 128 cm³/mol. The van der Waals surface area contributed by atoms with Gasteiger partial charge in [0, 0.05) is 41.7 Å². The molecule has 8 heteroatoms. The number of nitrogens with zero attached hydrogens (tertiary/aromatic N) is 3. The Morgan fingerprint density at radius 3 is 2.56 bits per heavy atom. The summed E-state index contributed by atoms with van der Waals surface area (Å²) in [6.07, 6.45) is 4.62. The standard InChI is InChI=1S/C26H28N4O4/c1-2-3-4-7-14-28-16-23(31)29-22(26(28)32)15-20-19-8-5-6-9-21(19)27-24(20)25(29)17-10-12-18(13-11-17)30(33)34/h5-6,8-13,22,25,27H,2-4,7,14-16H2,1H3. The first-order valence-electron chi connectivity index (χ1n) is 11.9. The highest BCUT2D eigenvalue weighted by Gasteiger charge is 2.48. The third-order valence-corrected chi connectivity index (χ3v) is 7.04. The maximum Gasteiger partial charge on any atom is 0.269 e. The minimum absolute atomic E-state index is 0.00715. The third kappa shape index (κ3) is 3.73. The summed E-state index contributed by atoms with van der Waals surface area (Å²) in [5.41, 5.74) is 3.61. The van der Waals surface area contributed by atoms with Gasteiger partial charge in [-0.15, -0.1) is 0 Å². The van der Waals surface area contributed by atoms with Crippen LogP contribution < -0.4 is 0 Å². The molecule has 8 nitrogen and oxygen atoms in total. The Morgan fingerprint density at radius 2 is 1.82 bits per heavy atom. The fraction of sp³-hybridized carbons (Fsp3) is 0.385. The number of carbonyl (C=O) groups is 2. The van der Waals surface area contributed by atoms with Crippen LogP contribution >= 0.6 is 0 Å². The van der Waals surface area contributed by atoms with Gasteiger partial charge < -0.3 is 14.8 Å². The van der Waals surface area contributed by atoms with Crippen molar-refractivity contribution in [1.29, 1.82) is 0 Å². The quantitative estimate of drug-likeness (QED) is 0.322. The van der Waals surface area contributed by atoms with Crippen LogP contribution in [-0.2, 0) is 16.0 Å². The van der Waals surface area contributed by atoms with E-state index >= 15 is 0 Å². The largest absolute Gasteiger partial charge is 0.356 e. The van der Waals surface area contributed by atoms with Crippen molar-refractivity contribution in [2.75, 3.05) is 13.1 Å². The number of carbonyl (C=O) groups excluding carboxylic acids is 2. The van der Waals surface area contributed by atoms with Crippen LogP contribution in [0.25, 0.3) is 10.9 Å². The summed E-state index contributed by atoms with van der Waals surface area (Å²) in [6, 6.07) is 13.2. The molecule has 2 unspecified atom stereocenters. The third-order valence-electron chi connectivity index (χ3n) is 7.04. The van der Waals surface area contributed by atoms with Crippen LogP contribution in [0, 0.1) is 10.1 Å². The number of aromatic amines is 1. The van der Waals surface area contributed by atoms with Crippen molar-refractivity contribution in [3.63, 3.8) is 0 Å². The molecule has 0 aliphatic carbocycles. The second kappa shape index (κ2) is 8.93. The van der Waals surface area contributed by atoms with Crippen LogP contribution in [0.3, 0.4) is 0 Å². The average molecular weight is 461 g/mol. The molecule has 0 saturated carbocycles. The first-order chi connectivity index (χ1) is 16.5. The molecule has 0 bridgehead atoms. The number of amides is 2. The number of benzene rings is 2. The number of aromatic nitrogens is 1. The minimum atomic E-state index is -0.584. The van der Waals surface area contributed by atoms with Crippen LogP contribution in [0.1, 0.15) is 55.5 Å². The van der Waals surface area contributed by atoms with Gasteiger partial charge in [-0.2, -0.15) is 0 Å². The predicted octanol–water partition coefficient (Wildman–Crippen LogP) is 4.34. The van der Waals surface area contributed by atoms with E-state index in [1.165, 1.54) is 12.1 Å². The number of nitrogens with one attached hydrogen (secondary N) is 1. The van der Waals surface area contributed by atoms with E-state index in [-0.39, 0.29) is 24.0 Å². The van der Waals surface area contributed by atoms with Gasteiger partial charge in [0.15, 0.2) is 0 Å². The molecule has 2 atom stereocenters. The van der Waals surface area contributed by atoms with Crippen LogP contribution in [0.4, 0.5) is 5.69 Å². The molecule has 2 aliphatic rings. The SMILES string of the molecule is CCCCCCN1CC(=O)N2C(Cc3c([nH]c4ccccc34)C2c2ccc([N+](=O)[O-])cc2)C1=O. The van der Waals surface area contributed by atoms with E-state index in [9.17, 15) is 19.7 Å². The molecule has 1 saturated heterocycles. The van der Waals surface area contributed by atoms with E-state index in [0.717, 1.165) is 53.4 Å². The number of hydrogen-bond donors (Lipinski definition) is 1. The molecule has 5 rings (SSSR count). The number of nitro groups is 1. The van der Waals surface area contributed by atoms with Gasteiger partial charge in [-0.25, -0.2) is 0 Å². The molecule has 3 aromatic rings. The fourth-order valence-electron chi connectivity index (χ4n) is 5.37. The lowest BCUT2D eigenvalue weighted by molar-refractivity contribution is -0.384. The lowest BCUT2D eigenvalue weighted by atomic mass is 9.86. The summed E-state index contributed by atoms with van der Waals surface area (Å²) < 4.78 is 0. The topological polar surface area (TPSA) is 99.6 Å². The molecule has 34 heavy (non-hydrogen) atoms. The van der Waals surface area contributed by atoms with Gasteiger partial charge in [0.1, 0.15) is 6.04 Å². The number of piperazine rings is 1. The first-order valence-corrected chi connectivity index (χ1v) is 11.9. The summed E-state index contributed by atoms with van der Waals surface area (Å²) >= 11 is 0. The minimum Gasteiger partial charge on any atom is -0.356 e. The van der Waals surface area contributed by atoms with Gasteiger partial charge >= 0.3 is 0 Å². The Kier molecular flexibility index (Phi) is 5.81. The maximum atomic E-state index is 13.6. The molecule has 0 spiro atoms. The van der Waals surface area contributed by atoms with E-state index in [2.05, 4.69) is 11.9 Å². The molecule has 3 heterocycles. The Hall–Kier alpha value is -3.68. The van der Waals surface area contributed by atoms with Crippen molar-refractivity contribution in [2.24, 2.45) is 0 Å². The number of unbranched alkanes of at least 4 members (excludes halogenated alkanes) is 3. The molecule has 2 aliphatic heterocycles. The molecule has 0 radical (unpaired) electrons. The second-order valence-corrected chi connectivity index (χ2v) is 9.16. The zero-order valence-electron chi connectivity index (χ0n) is 19.2. The number of non-ortho nitro benzene ring substituents is 1. The molecule has 2 aromatic carbocycles. The molecule has 176 valence electrons. The number of para-hydroxylation sites is 1. The van der Waals surface area contributed by atoms with Gasteiger partial charge in [-0.1, -0.05) is 44.4 Å². The summed E-state index contributed by atoms with van der Waals surface area (Å²) in [5, 5.41) is 12.2. The number of nitro benzene ring substituents is 1. The molecular formula is C26H28N4O4. The highest BCUT2D eigenvalue weighted by atomic mass is 16.6. The lowest BCUT2D eigenvalue weighted by Gasteiger charge is -2.47. The fourth-order valence-corrected chi connectivity index (χ4v) is 5.37. The van der Waals surface area contributed by atoms with Crippen LogP contribution in [0.2, 0.25) is 0 Å². The highest BCUT2D eigenvalue weighted by Crippen LogP contribution is 2.42. The number of rotatable bonds is 7. The zero-order valence-corrected chi connectivity index (χ0v) is 19.2. The number of H-pyrrole nitrogens is 1. The van der Waals surface area contributed by atoms with Crippen molar-refractivity contribution in [2.45, 2.75) is 51.1 Å². The lowest BCUT2D eigenvalue weighted by Crippen LogP contribution is -2.63. The summed E-state index contributed by atoms with van der Waals surface area (Å²) in [4.78, 5) is 44.7. The van der Waals surface area contributed by atoms with E-state index in [1.807, 2.05) is 24.3 Å². The van der Waals surface area contributed by atoms with Crippen molar-refractivity contribution >= 4 is 28.4 Å². The first kappa shape index (κ1) is 22.1. The monoisotopic (exact) mass is 460 g/mol. The Balaban J connectivity index is 1.56. The Bertz CT molecular complexity index is 1250. The second-order valence-electron chi connectivity index (χ2n) is 9.16. The van der Waals surface area contributed by atoms with E-state index in [0.29, 0.717) is 13.0 Å². The molecule has 1 aromatic heterocycles. The molecule has 1 fully saturated rings. The van der Waals surface area contributed by atoms with E-state index < -0.39 is 17.0 Å². The van der Waals surface area contributed by atoms with Crippen molar-refractivity contribution in [3.8, 4) is 0 Å². The smallest absolute Gasteiger partial charge is 0.269 e. The highest BCUT2D eigenvalue weighted by molar-refractivity contribution is 5.97. The van der Waals surface area contributed by atoms with Crippen molar-refractivity contribution in [1.82, 2.24) is 14.8 Å². The van der Waals surface area contributed by atoms with E-state index in [1.54, 1.807) is 21.9 Å². The van der Waals surface area contributed by atoms with Crippen LogP contribution in [-0.4, -0.2) is 50.7 Å². The molecular weight excluding hydrogens is 432 g/mol.